The lowest BCUT2D eigenvalue weighted by atomic mass is 9.98. The van der Waals surface area contributed by atoms with Gasteiger partial charge in [-0.25, -0.2) is 4.39 Å². The van der Waals surface area contributed by atoms with Crippen molar-refractivity contribution in [3.8, 4) is 0 Å². The zero-order chi connectivity index (χ0) is 14.4. The Morgan fingerprint density at radius 2 is 2.05 bits per heavy atom. The maximum Gasteiger partial charge on any atom is 0.129 e. The van der Waals surface area contributed by atoms with E-state index < -0.39 is 0 Å². The molecular formula is C16H24FNO2. The topological polar surface area (TPSA) is 44.5 Å². The summed E-state index contributed by atoms with van der Waals surface area (Å²) in [5.41, 5.74) is 6.68. The van der Waals surface area contributed by atoms with Crippen LogP contribution in [0.25, 0.3) is 0 Å². The molecule has 1 heterocycles. The second kappa shape index (κ2) is 7.72. The van der Waals surface area contributed by atoms with Gasteiger partial charge in [0.25, 0.3) is 0 Å². The molecule has 0 aliphatic carbocycles. The Labute approximate surface area is 120 Å². The first-order valence-electron chi connectivity index (χ1n) is 7.41. The van der Waals surface area contributed by atoms with Crippen LogP contribution in [0.4, 0.5) is 4.39 Å². The van der Waals surface area contributed by atoms with Gasteiger partial charge in [0, 0.05) is 24.8 Å². The molecule has 3 nitrogen and oxygen atoms in total. The van der Waals surface area contributed by atoms with Gasteiger partial charge in [0.1, 0.15) is 11.9 Å². The number of ether oxygens (including phenoxy) is 2. The Kier molecular flexibility index (Phi) is 5.95. The molecule has 4 heteroatoms. The first kappa shape index (κ1) is 15.4. The Bertz CT molecular complexity index is 407. The van der Waals surface area contributed by atoms with Gasteiger partial charge < -0.3 is 15.2 Å². The predicted molar refractivity (Wildman–Crippen MR) is 76.9 cm³/mol. The summed E-state index contributed by atoms with van der Waals surface area (Å²) in [6.45, 7) is 4.20. The highest BCUT2D eigenvalue weighted by atomic mass is 19.1. The summed E-state index contributed by atoms with van der Waals surface area (Å²) in [6.07, 6.45) is 2.40. The average Bonchev–Trinajstić information content (AvgIpc) is 2.50. The zero-order valence-electron chi connectivity index (χ0n) is 12.1. The molecule has 0 aromatic heterocycles. The third-order valence-electron chi connectivity index (χ3n) is 3.92. The van der Waals surface area contributed by atoms with Crippen LogP contribution in [-0.4, -0.2) is 25.9 Å². The van der Waals surface area contributed by atoms with Crippen molar-refractivity contribution in [2.75, 3.05) is 19.8 Å². The van der Waals surface area contributed by atoms with Crippen LogP contribution in [0.15, 0.2) is 24.3 Å². The number of hydrogen-bond acceptors (Lipinski definition) is 3. The smallest absolute Gasteiger partial charge is 0.129 e. The van der Waals surface area contributed by atoms with Gasteiger partial charge in [0.05, 0.1) is 6.61 Å². The van der Waals surface area contributed by atoms with E-state index in [2.05, 4.69) is 0 Å². The second-order valence-electron chi connectivity index (χ2n) is 5.40. The van der Waals surface area contributed by atoms with Crippen molar-refractivity contribution in [1.82, 2.24) is 0 Å². The van der Waals surface area contributed by atoms with Gasteiger partial charge >= 0.3 is 0 Å². The van der Waals surface area contributed by atoms with Gasteiger partial charge in [-0.2, -0.15) is 0 Å². The van der Waals surface area contributed by atoms with E-state index in [0.717, 1.165) is 32.5 Å². The fourth-order valence-electron chi connectivity index (χ4n) is 2.52. The van der Waals surface area contributed by atoms with Crippen molar-refractivity contribution in [2.45, 2.75) is 38.3 Å². The fraction of sp³-hybridized carbons (Fsp3) is 0.625. The minimum Gasteiger partial charge on any atom is -0.381 e. The molecule has 20 heavy (non-hydrogen) atoms. The number of nitrogens with two attached hydrogens (primary N) is 1. The standard InChI is InChI=1S/C16H24FNO2/c1-2-15(18)16(13-5-3-4-6-14(13)17)20-11-12-7-9-19-10-8-12/h3-6,12,15-16H,2,7-11,18H2,1H3. The van der Waals surface area contributed by atoms with Crippen molar-refractivity contribution in [3.05, 3.63) is 35.6 Å². The summed E-state index contributed by atoms with van der Waals surface area (Å²) in [5.74, 6) is 0.246. The van der Waals surface area contributed by atoms with Gasteiger partial charge in [0.2, 0.25) is 0 Å². The third kappa shape index (κ3) is 4.01. The molecule has 2 atom stereocenters. The first-order chi connectivity index (χ1) is 9.72. The van der Waals surface area contributed by atoms with Crippen LogP contribution in [-0.2, 0) is 9.47 Å². The van der Waals surface area contributed by atoms with E-state index in [0.29, 0.717) is 18.1 Å². The molecule has 112 valence electrons. The highest BCUT2D eigenvalue weighted by Gasteiger charge is 2.24. The van der Waals surface area contributed by atoms with E-state index in [4.69, 9.17) is 15.2 Å². The molecule has 1 aromatic rings. The third-order valence-corrected chi connectivity index (χ3v) is 3.92. The highest BCUT2D eigenvalue weighted by Crippen LogP contribution is 2.26. The van der Waals surface area contributed by atoms with E-state index in [1.54, 1.807) is 12.1 Å². The molecule has 1 fully saturated rings. The van der Waals surface area contributed by atoms with E-state index >= 15 is 0 Å². The van der Waals surface area contributed by atoms with Crippen LogP contribution >= 0.6 is 0 Å². The van der Waals surface area contributed by atoms with Crippen LogP contribution in [0, 0.1) is 11.7 Å². The predicted octanol–water partition coefficient (Wildman–Crippen LogP) is 3.05. The summed E-state index contributed by atoms with van der Waals surface area (Å²) in [4.78, 5) is 0. The minimum absolute atomic E-state index is 0.188. The summed E-state index contributed by atoms with van der Waals surface area (Å²) >= 11 is 0. The van der Waals surface area contributed by atoms with E-state index in [9.17, 15) is 4.39 Å². The minimum atomic E-state index is -0.371. The van der Waals surface area contributed by atoms with Gasteiger partial charge in [-0.05, 0) is 31.2 Å². The van der Waals surface area contributed by atoms with Crippen LogP contribution in [0.1, 0.15) is 37.9 Å². The van der Waals surface area contributed by atoms with Crippen molar-refractivity contribution >= 4 is 0 Å². The van der Waals surface area contributed by atoms with E-state index in [1.807, 2.05) is 13.0 Å². The average molecular weight is 281 g/mol. The summed E-state index contributed by atoms with van der Waals surface area (Å²) in [6, 6.07) is 6.55. The van der Waals surface area contributed by atoms with E-state index in [-0.39, 0.29) is 18.0 Å². The van der Waals surface area contributed by atoms with Crippen molar-refractivity contribution in [1.29, 1.82) is 0 Å². The van der Waals surface area contributed by atoms with Crippen molar-refractivity contribution in [2.24, 2.45) is 11.7 Å². The Morgan fingerprint density at radius 3 is 2.70 bits per heavy atom. The summed E-state index contributed by atoms with van der Waals surface area (Å²) < 4.78 is 25.3. The van der Waals surface area contributed by atoms with Crippen molar-refractivity contribution < 1.29 is 13.9 Å². The monoisotopic (exact) mass is 281 g/mol. The quantitative estimate of drug-likeness (QED) is 0.871. The second-order valence-corrected chi connectivity index (χ2v) is 5.40. The molecule has 1 aromatic carbocycles. The Morgan fingerprint density at radius 1 is 1.35 bits per heavy atom. The van der Waals surface area contributed by atoms with E-state index in [1.165, 1.54) is 6.07 Å². The van der Waals surface area contributed by atoms with Crippen LogP contribution in [0.2, 0.25) is 0 Å². The number of hydrogen-bond donors (Lipinski definition) is 1. The summed E-state index contributed by atoms with van der Waals surface area (Å²) in [5, 5.41) is 0. The Hall–Kier alpha value is -0.970. The molecule has 0 amide bonds. The van der Waals surface area contributed by atoms with Gasteiger partial charge in [-0.15, -0.1) is 0 Å². The number of benzene rings is 1. The summed E-state index contributed by atoms with van der Waals surface area (Å²) in [7, 11) is 0. The van der Waals surface area contributed by atoms with Gasteiger partial charge in [-0.3, -0.25) is 0 Å². The highest BCUT2D eigenvalue weighted by molar-refractivity contribution is 5.21. The largest absolute Gasteiger partial charge is 0.381 e. The molecular weight excluding hydrogens is 257 g/mol. The molecule has 1 aliphatic rings. The molecule has 0 saturated carbocycles. The lowest BCUT2D eigenvalue weighted by Crippen LogP contribution is -2.32. The molecule has 1 aliphatic heterocycles. The van der Waals surface area contributed by atoms with Crippen LogP contribution in [0.5, 0.6) is 0 Å². The molecule has 0 radical (unpaired) electrons. The van der Waals surface area contributed by atoms with Crippen molar-refractivity contribution in [3.63, 3.8) is 0 Å². The van der Waals surface area contributed by atoms with Crippen LogP contribution in [0.3, 0.4) is 0 Å². The Balaban J connectivity index is 2.02. The number of rotatable bonds is 6. The lowest BCUT2D eigenvalue weighted by Gasteiger charge is -2.28. The normalized spacial score (nSPS) is 19.8. The lowest BCUT2D eigenvalue weighted by molar-refractivity contribution is -0.0223. The fourth-order valence-corrected chi connectivity index (χ4v) is 2.52. The number of halogens is 1. The maximum atomic E-state index is 13.9. The SMILES string of the molecule is CCC(N)C(OCC1CCOCC1)c1ccccc1F. The van der Waals surface area contributed by atoms with Gasteiger partial charge in [0.15, 0.2) is 0 Å². The van der Waals surface area contributed by atoms with Gasteiger partial charge in [-0.1, -0.05) is 25.1 Å². The molecule has 2 rings (SSSR count). The first-order valence-corrected chi connectivity index (χ1v) is 7.41. The molecule has 2 unspecified atom stereocenters. The molecule has 0 bridgehead atoms. The zero-order valence-corrected chi connectivity index (χ0v) is 12.1. The van der Waals surface area contributed by atoms with Crippen LogP contribution < -0.4 is 5.73 Å². The maximum absolute atomic E-state index is 13.9. The molecule has 2 N–H and O–H groups in total. The molecule has 1 saturated heterocycles. The molecule has 0 spiro atoms.